The predicted molar refractivity (Wildman–Crippen MR) is 150 cm³/mol. The summed E-state index contributed by atoms with van der Waals surface area (Å²) in [5.41, 5.74) is 2.93. The Hall–Kier alpha value is -2.04. The van der Waals surface area contributed by atoms with Crippen molar-refractivity contribution in [1.29, 1.82) is 0 Å². The minimum absolute atomic E-state index is 0.155. The number of likely N-dealkylation sites (tertiary alicyclic amines) is 2. The van der Waals surface area contributed by atoms with E-state index in [1.165, 1.54) is 88.7 Å². The summed E-state index contributed by atoms with van der Waals surface area (Å²) in [7, 11) is 0. The summed E-state index contributed by atoms with van der Waals surface area (Å²) in [6.45, 7) is 11.6. The first-order valence-corrected chi connectivity index (χ1v) is 14.5. The van der Waals surface area contributed by atoms with Gasteiger partial charge in [0.15, 0.2) is 0 Å². The molecule has 0 radical (unpaired) electrons. The smallest absolute Gasteiger partial charge is 0.115 e. The van der Waals surface area contributed by atoms with Gasteiger partial charge in [-0.25, -0.2) is 0 Å². The van der Waals surface area contributed by atoms with Crippen LogP contribution in [0, 0.1) is 0 Å². The zero-order chi connectivity index (χ0) is 25.4. The topological polar surface area (TPSA) is 46.9 Å². The molecule has 0 bridgehead atoms. The maximum Gasteiger partial charge on any atom is 0.115 e. The standard InChI is InChI=1S/C32H48N2O2/c1-3-31(27-13-11-15-29(35)23-27)17-5-7-19-33(25-31)21-9-10-22-34-20-8-6-18-32(4-2,26-34)28-14-12-16-30(36)24-28/h11-16,23-24,35-36H,3-10,17-22,25-26H2,1-2H3. The van der Waals surface area contributed by atoms with Crippen molar-refractivity contribution >= 4 is 0 Å². The number of phenolic OH excluding ortho intramolecular Hbond substituents is 2. The van der Waals surface area contributed by atoms with E-state index in [2.05, 4.69) is 35.8 Å². The number of nitrogens with zero attached hydrogens (tertiary/aromatic N) is 2. The van der Waals surface area contributed by atoms with Crippen LogP contribution in [0.25, 0.3) is 0 Å². The van der Waals surface area contributed by atoms with Crippen LogP contribution in [-0.4, -0.2) is 59.3 Å². The third-order valence-electron chi connectivity index (χ3n) is 9.28. The molecule has 2 fully saturated rings. The van der Waals surface area contributed by atoms with Gasteiger partial charge in [0.25, 0.3) is 0 Å². The Kier molecular flexibility index (Phi) is 9.35. The molecule has 36 heavy (non-hydrogen) atoms. The quantitative estimate of drug-likeness (QED) is 0.376. The lowest BCUT2D eigenvalue weighted by atomic mass is 9.74. The van der Waals surface area contributed by atoms with E-state index in [0.717, 1.165) is 25.9 Å². The van der Waals surface area contributed by atoms with Crippen molar-refractivity contribution < 1.29 is 10.2 Å². The minimum atomic E-state index is 0.155. The normalized spacial score (nSPS) is 26.4. The minimum Gasteiger partial charge on any atom is -0.508 e. The summed E-state index contributed by atoms with van der Waals surface area (Å²) in [4.78, 5) is 5.40. The summed E-state index contributed by atoms with van der Waals surface area (Å²) >= 11 is 0. The van der Waals surface area contributed by atoms with E-state index >= 15 is 0 Å². The second kappa shape index (κ2) is 12.5. The summed E-state index contributed by atoms with van der Waals surface area (Å²) < 4.78 is 0. The first-order chi connectivity index (χ1) is 17.5. The van der Waals surface area contributed by atoms with E-state index in [1.54, 1.807) is 12.1 Å². The number of benzene rings is 2. The SMILES string of the molecule is CCC1(c2cccc(O)c2)CCCCN(CCCCN2CCCCC(CC)(c3cccc(O)c3)C2)C1. The highest BCUT2D eigenvalue weighted by Crippen LogP contribution is 2.39. The monoisotopic (exact) mass is 492 g/mol. The molecular formula is C32H48N2O2. The predicted octanol–water partition coefficient (Wildman–Crippen LogP) is 6.85. The Morgan fingerprint density at radius 2 is 1.11 bits per heavy atom. The maximum absolute atomic E-state index is 10.1. The van der Waals surface area contributed by atoms with Crippen molar-refractivity contribution in [3.63, 3.8) is 0 Å². The van der Waals surface area contributed by atoms with Crippen molar-refractivity contribution in [2.75, 3.05) is 39.3 Å². The number of phenols is 2. The lowest BCUT2D eigenvalue weighted by Gasteiger charge is -2.37. The molecule has 2 aromatic rings. The Bertz CT molecular complexity index is 885. The van der Waals surface area contributed by atoms with Crippen molar-refractivity contribution in [2.24, 2.45) is 0 Å². The summed E-state index contributed by atoms with van der Waals surface area (Å²) in [6, 6.07) is 16.0. The fraction of sp³-hybridized carbons (Fsp3) is 0.625. The van der Waals surface area contributed by atoms with Crippen LogP contribution in [0.2, 0.25) is 0 Å². The van der Waals surface area contributed by atoms with Gasteiger partial charge in [-0.3, -0.25) is 0 Å². The molecule has 2 saturated heterocycles. The second-order valence-electron chi connectivity index (χ2n) is 11.5. The Labute approximate surface area is 219 Å². The largest absolute Gasteiger partial charge is 0.508 e. The summed E-state index contributed by atoms with van der Waals surface area (Å²) in [5.74, 6) is 0.782. The first kappa shape index (κ1) is 27.0. The molecule has 2 heterocycles. The molecule has 0 aromatic heterocycles. The molecule has 4 nitrogen and oxygen atoms in total. The van der Waals surface area contributed by atoms with Gasteiger partial charge in [-0.1, -0.05) is 51.0 Å². The fourth-order valence-electron chi connectivity index (χ4n) is 6.95. The molecule has 2 aromatic carbocycles. The van der Waals surface area contributed by atoms with Crippen LogP contribution < -0.4 is 0 Å². The third-order valence-corrected chi connectivity index (χ3v) is 9.28. The van der Waals surface area contributed by atoms with Crippen LogP contribution >= 0.6 is 0 Å². The molecule has 4 heteroatoms. The first-order valence-electron chi connectivity index (χ1n) is 14.5. The zero-order valence-corrected chi connectivity index (χ0v) is 22.7. The van der Waals surface area contributed by atoms with Crippen LogP contribution in [0.5, 0.6) is 11.5 Å². The van der Waals surface area contributed by atoms with Crippen LogP contribution in [0.3, 0.4) is 0 Å². The van der Waals surface area contributed by atoms with Crippen LogP contribution in [0.1, 0.15) is 89.2 Å². The van der Waals surface area contributed by atoms with Gasteiger partial charge < -0.3 is 20.0 Å². The second-order valence-corrected chi connectivity index (χ2v) is 11.5. The van der Waals surface area contributed by atoms with E-state index < -0.39 is 0 Å². The van der Waals surface area contributed by atoms with Gasteiger partial charge in [-0.05, 0) is 113 Å². The third kappa shape index (κ3) is 6.44. The Morgan fingerprint density at radius 1 is 0.667 bits per heavy atom. The molecule has 0 amide bonds. The molecule has 198 valence electrons. The molecule has 4 rings (SSSR count). The van der Waals surface area contributed by atoms with E-state index in [0.29, 0.717) is 11.5 Å². The van der Waals surface area contributed by atoms with E-state index in [4.69, 9.17) is 0 Å². The number of hydrogen-bond acceptors (Lipinski definition) is 4. The molecule has 0 spiro atoms. The molecule has 2 unspecified atom stereocenters. The molecular weight excluding hydrogens is 444 g/mol. The van der Waals surface area contributed by atoms with Crippen molar-refractivity contribution in [2.45, 2.75) is 88.9 Å². The highest BCUT2D eigenvalue weighted by atomic mass is 16.3. The van der Waals surface area contributed by atoms with E-state index in [1.807, 2.05) is 24.3 Å². The Morgan fingerprint density at radius 3 is 1.50 bits per heavy atom. The Balaban J connectivity index is 1.34. The highest BCUT2D eigenvalue weighted by molar-refractivity contribution is 5.34. The fourth-order valence-corrected chi connectivity index (χ4v) is 6.95. The molecule has 2 aliphatic heterocycles. The molecule has 2 atom stereocenters. The number of aromatic hydroxyl groups is 2. The molecule has 2 N–H and O–H groups in total. The van der Waals surface area contributed by atoms with Crippen LogP contribution in [0.4, 0.5) is 0 Å². The van der Waals surface area contributed by atoms with Crippen LogP contribution in [0.15, 0.2) is 48.5 Å². The van der Waals surface area contributed by atoms with Gasteiger partial charge in [0.2, 0.25) is 0 Å². The molecule has 0 saturated carbocycles. The number of rotatable bonds is 9. The number of hydrogen-bond donors (Lipinski definition) is 2. The summed E-state index contributed by atoms with van der Waals surface area (Å²) in [6.07, 6.45) is 12.2. The average Bonchev–Trinajstić information content (AvgIpc) is 3.24. The van der Waals surface area contributed by atoms with Gasteiger partial charge in [0.1, 0.15) is 11.5 Å². The summed E-state index contributed by atoms with van der Waals surface area (Å²) in [5, 5.41) is 20.2. The molecule has 2 aliphatic rings. The van der Waals surface area contributed by atoms with Gasteiger partial charge in [0, 0.05) is 23.9 Å². The van der Waals surface area contributed by atoms with Crippen molar-refractivity contribution in [3.8, 4) is 11.5 Å². The van der Waals surface area contributed by atoms with Crippen LogP contribution in [-0.2, 0) is 10.8 Å². The van der Waals surface area contributed by atoms with E-state index in [9.17, 15) is 10.2 Å². The van der Waals surface area contributed by atoms with Crippen molar-refractivity contribution in [1.82, 2.24) is 9.80 Å². The van der Waals surface area contributed by atoms with Gasteiger partial charge in [-0.2, -0.15) is 0 Å². The van der Waals surface area contributed by atoms with Gasteiger partial charge in [-0.15, -0.1) is 0 Å². The maximum atomic E-state index is 10.1. The zero-order valence-electron chi connectivity index (χ0n) is 22.7. The lowest BCUT2D eigenvalue weighted by Crippen LogP contribution is -2.41. The number of unbranched alkanes of at least 4 members (excludes halogenated alkanes) is 1. The highest BCUT2D eigenvalue weighted by Gasteiger charge is 2.35. The van der Waals surface area contributed by atoms with E-state index in [-0.39, 0.29) is 10.8 Å². The average molecular weight is 493 g/mol. The molecule has 0 aliphatic carbocycles. The lowest BCUT2D eigenvalue weighted by molar-refractivity contribution is 0.194. The van der Waals surface area contributed by atoms with Gasteiger partial charge in [0.05, 0.1) is 0 Å². The van der Waals surface area contributed by atoms with Crippen molar-refractivity contribution in [3.05, 3.63) is 59.7 Å². The van der Waals surface area contributed by atoms with Gasteiger partial charge >= 0.3 is 0 Å².